The highest BCUT2D eigenvalue weighted by molar-refractivity contribution is 7.27. The molecule has 8 rings (SSSR count). The van der Waals surface area contributed by atoms with Crippen molar-refractivity contribution in [1.82, 2.24) is 0 Å². The third kappa shape index (κ3) is 10.3. The molecule has 2 unspecified atom stereocenters. The van der Waals surface area contributed by atoms with Crippen LogP contribution < -0.4 is 22.8 Å². The summed E-state index contributed by atoms with van der Waals surface area (Å²) in [5.41, 5.74) is 6.97. The number of fused-ring (bicyclic) bond motifs is 2. The van der Waals surface area contributed by atoms with Crippen LogP contribution in [0.1, 0.15) is 77.7 Å². The Morgan fingerprint density at radius 1 is 0.508 bits per heavy atom. The Morgan fingerprint density at radius 2 is 1.03 bits per heavy atom. The first-order valence-corrected chi connectivity index (χ1v) is 22.7. The number of rotatable bonds is 17. The van der Waals surface area contributed by atoms with Gasteiger partial charge in [-0.2, -0.15) is 0 Å². The number of carbonyl (C=O) groups excluding carboxylic acids is 1. The molecule has 0 N–H and O–H groups in total. The molecule has 0 heterocycles. The molecule has 318 valence electrons. The van der Waals surface area contributed by atoms with E-state index in [2.05, 4.69) is 83.1 Å². The Bertz CT molecular complexity index is 2840. The summed E-state index contributed by atoms with van der Waals surface area (Å²) in [6.07, 6.45) is 0. The highest BCUT2D eigenvalue weighted by atomic mass is 31.1. The summed E-state index contributed by atoms with van der Waals surface area (Å²) in [7, 11) is -0.851. The molecular formula is C54H50O7P2. The van der Waals surface area contributed by atoms with E-state index in [4.69, 9.17) is 27.6 Å². The average molecular weight is 873 g/mol. The molecule has 8 aromatic carbocycles. The number of carbonyl (C=O) groups is 1. The van der Waals surface area contributed by atoms with Crippen molar-refractivity contribution in [2.45, 2.75) is 59.7 Å². The van der Waals surface area contributed by atoms with Crippen LogP contribution in [0.3, 0.4) is 0 Å². The van der Waals surface area contributed by atoms with Crippen LogP contribution in [0, 0.1) is 6.92 Å². The van der Waals surface area contributed by atoms with E-state index in [1.165, 1.54) is 5.56 Å². The fourth-order valence-electron chi connectivity index (χ4n) is 7.51. The van der Waals surface area contributed by atoms with Crippen LogP contribution in [0.2, 0.25) is 0 Å². The molecule has 9 heteroatoms. The van der Waals surface area contributed by atoms with Gasteiger partial charge in [-0.25, -0.2) is 4.79 Å². The van der Waals surface area contributed by atoms with Gasteiger partial charge >= 0.3 is 5.97 Å². The van der Waals surface area contributed by atoms with Crippen molar-refractivity contribution in [2.24, 2.45) is 0 Å². The van der Waals surface area contributed by atoms with Gasteiger partial charge < -0.3 is 27.6 Å². The normalized spacial score (nSPS) is 11.6. The van der Waals surface area contributed by atoms with E-state index in [-0.39, 0.29) is 33.0 Å². The minimum Gasteiger partial charge on any atom is -0.489 e. The molecule has 0 aliphatic rings. The lowest BCUT2D eigenvalue weighted by Crippen LogP contribution is -2.08. The number of hydrogen-bond acceptors (Lipinski definition) is 7. The second-order valence-electron chi connectivity index (χ2n) is 16.0. The number of esters is 1. The summed E-state index contributed by atoms with van der Waals surface area (Å²) in [5.74, 6) is 3.09. The summed E-state index contributed by atoms with van der Waals surface area (Å²) in [4.78, 5) is 14.5. The van der Waals surface area contributed by atoms with E-state index >= 15 is 0 Å². The second-order valence-corrected chi connectivity index (χ2v) is 17.1. The van der Waals surface area contributed by atoms with Gasteiger partial charge in [0.1, 0.15) is 47.5 Å². The molecule has 0 fully saturated rings. The van der Waals surface area contributed by atoms with Gasteiger partial charge in [-0.3, -0.25) is 0 Å². The van der Waals surface area contributed by atoms with Crippen LogP contribution in [0.25, 0.3) is 32.7 Å². The molecule has 0 aromatic heterocycles. The second kappa shape index (κ2) is 20.2. The van der Waals surface area contributed by atoms with Crippen LogP contribution >= 0.6 is 18.1 Å². The van der Waals surface area contributed by atoms with Crippen LogP contribution in [-0.4, -0.2) is 5.97 Å². The molecule has 8 aromatic rings. The molecule has 0 amide bonds. The van der Waals surface area contributed by atoms with E-state index in [9.17, 15) is 4.79 Å². The van der Waals surface area contributed by atoms with Crippen LogP contribution in [0.15, 0.2) is 164 Å². The quantitative estimate of drug-likeness (QED) is 0.0666. The van der Waals surface area contributed by atoms with Crippen molar-refractivity contribution in [1.29, 1.82) is 0 Å². The highest BCUT2D eigenvalue weighted by Crippen LogP contribution is 2.50. The van der Waals surface area contributed by atoms with Gasteiger partial charge in [0.15, 0.2) is 0 Å². The summed E-state index contributed by atoms with van der Waals surface area (Å²) < 4.78 is 38.2. The van der Waals surface area contributed by atoms with Crippen LogP contribution in [-0.2, 0) is 18.0 Å². The topological polar surface area (TPSA) is 72.5 Å². The zero-order chi connectivity index (χ0) is 43.7. The molecule has 2 atom stereocenters. The fourth-order valence-corrected chi connectivity index (χ4v) is 8.70. The van der Waals surface area contributed by atoms with E-state index in [0.29, 0.717) is 23.7 Å². The predicted molar refractivity (Wildman–Crippen MR) is 258 cm³/mol. The van der Waals surface area contributed by atoms with E-state index in [1.54, 1.807) is 0 Å². The van der Waals surface area contributed by atoms with Gasteiger partial charge in [-0.05, 0) is 99.0 Å². The minimum atomic E-state index is -0.540. The Labute approximate surface area is 373 Å². The first-order valence-electron chi connectivity index (χ1n) is 21.1. The van der Waals surface area contributed by atoms with Gasteiger partial charge in [-0.1, -0.05) is 161 Å². The smallest absolute Gasteiger partial charge is 0.342 e. The number of benzene rings is 8. The first kappa shape index (κ1) is 43.3. The molecule has 0 aliphatic heterocycles. The molecule has 0 aliphatic carbocycles. The Kier molecular flexibility index (Phi) is 13.9. The summed E-state index contributed by atoms with van der Waals surface area (Å²) in [5, 5.41) is 3.61. The van der Waals surface area contributed by atoms with Gasteiger partial charge in [0.25, 0.3) is 18.1 Å². The first-order chi connectivity index (χ1) is 30.7. The maximum absolute atomic E-state index is 14.5. The van der Waals surface area contributed by atoms with E-state index in [1.807, 2.05) is 115 Å². The van der Waals surface area contributed by atoms with Crippen molar-refractivity contribution < 1.29 is 32.4 Å². The lowest BCUT2D eigenvalue weighted by Gasteiger charge is -2.22. The Balaban J connectivity index is 1.16. The standard InChI is InChI=1S/C54H50O7P2/c1-35(2)43-16-10-12-20-48(43)58-62-60-50-31-28-40-14-6-8-18-45(40)51(50)52-46-19-9-7-15-41(46)32-47(53(52)61-63-59-49-21-13-11-17-44(49)36(3)4)54(55)57-34-39-26-29-42(30-27-39)56-33-38-24-22-37(5)23-25-38/h6-32,35-36,62-63H,33-34H2,1-5H3. The SMILES string of the molecule is Cc1ccc(COc2ccc(COC(=O)c3cc4ccccc4c(-c4c(OPOc5ccccc5C(C)C)ccc5ccccc45)c3OPOc3ccccc3C(C)C)cc2)cc1. The average Bonchev–Trinajstić information content (AvgIpc) is 3.31. The molecular weight excluding hydrogens is 823 g/mol. The van der Waals surface area contributed by atoms with Gasteiger partial charge in [0, 0.05) is 11.1 Å². The third-order valence-electron chi connectivity index (χ3n) is 10.9. The highest BCUT2D eigenvalue weighted by Gasteiger charge is 2.27. The van der Waals surface area contributed by atoms with Crippen molar-refractivity contribution in [3.05, 3.63) is 197 Å². The molecule has 0 radical (unpaired) electrons. The fraction of sp³-hybridized carbons (Fsp3) is 0.167. The zero-order valence-electron chi connectivity index (χ0n) is 36.0. The molecule has 0 bridgehead atoms. The van der Waals surface area contributed by atoms with Crippen molar-refractivity contribution in [3.63, 3.8) is 0 Å². The molecule has 0 spiro atoms. The molecule has 7 nitrogen and oxygen atoms in total. The molecule has 63 heavy (non-hydrogen) atoms. The third-order valence-corrected chi connectivity index (χ3v) is 12.1. The van der Waals surface area contributed by atoms with Crippen molar-refractivity contribution >= 4 is 45.6 Å². The van der Waals surface area contributed by atoms with Gasteiger partial charge in [0.05, 0.1) is 0 Å². The van der Waals surface area contributed by atoms with Crippen molar-refractivity contribution in [2.75, 3.05) is 0 Å². The predicted octanol–water partition coefficient (Wildman–Crippen LogP) is 15.1. The van der Waals surface area contributed by atoms with Crippen LogP contribution in [0.5, 0.6) is 28.7 Å². The largest absolute Gasteiger partial charge is 0.489 e. The zero-order valence-corrected chi connectivity index (χ0v) is 38.0. The maximum Gasteiger partial charge on any atom is 0.342 e. The van der Waals surface area contributed by atoms with Gasteiger partial charge in [-0.15, -0.1) is 0 Å². The minimum absolute atomic E-state index is 0.0398. The number of aryl methyl sites for hydroxylation is 1. The van der Waals surface area contributed by atoms with E-state index < -0.39 is 15.0 Å². The Hall–Kier alpha value is -6.39. The number of ether oxygens (including phenoxy) is 2. The van der Waals surface area contributed by atoms with E-state index in [0.717, 1.165) is 66.6 Å². The monoisotopic (exact) mass is 872 g/mol. The summed E-state index contributed by atoms with van der Waals surface area (Å²) >= 11 is 0. The number of para-hydroxylation sites is 2. The van der Waals surface area contributed by atoms with Gasteiger partial charge in [0.2, 0.25) is 0 Å². The van der Waals surface area contributed by atoms with Crippen molar-refractivity contribution in [3.8, 4) is 39.9 Å². The summed E-state index contributed by atoms with van der Waals surface area (Å²) in [6, 6.07) is 53.8. The number of hydrogen-bond donors (Lipinski definition) is 0. The lowest BCUT2D eigenvalue weighted by atomic mass is 9.90. The molecule has 0 saturated carbocycles. The van der Waals surface area contributed by atoms with Crippen LogP contribution in [0.4, 0.5) is 0 Å². The Morgan fingerprint density at radius 3 is 1.68 bits per heavy atom. The molecule has 0 saturated heterocycles. The maximum atomic E-state index is 14.5. The lowest BCUT2D eigenvalue weighted by molar-refractivity contribution is 0.0471. The summed E-state index contributed by atoms with van der Waals surface area (Å²) in [6.45, 7) is 11.1.